The summed E-state index contributed by atoms with van der Waals surface area (Å²) in [5, 5.41) is 2.34. The van der Waals surface area contributed by atoms with Gasteiger partial charge in [-0.05, 0) is 18.2 Å². The van der Waals surface area contributed by atoms with E-state index in [1.54, 1.807) is 24.4 Å². The molecule has 6 heteroatoms. The standard InChI is InChI=1S/C12H5Cl3N2S/c13-6-2-1-3-7(14)9(6)12-17-8-4-5-16-11(15)10(8)18-12/h1-5H. The molecule has 0 aliphatic heterocycles. The van der Waals surface area contributed by atoms with Crippen molar-refractivity contribution in [3.63, 3.8) is 0 Å². The molecule has 2 nitrogen and oxygen atoms in total. The quantitative estimate of drug-likeness (QED) is 0.568. The Labute approximate surface area is 122 Å². The lowest BCUT2D eigenvalue weighted by atomic mass is 10.2. The molecule has 0 atom stereocenters. The first-order valence-electron chi connectivity index (χ1n) is 5.02. The van der Waals surface area contributed by atoms with Crippen molar-refractivity contribution >= 4 is 56.4 Å². The Morgan fingerprint density at radius 1 is 1.00 bits per heavy atom. The van der Waals surface area contributed by atoms with E-state index in [2.05, 4.69) is 9.97 Å². The molecule has 0 amide bonds. The second-order valence-corrected chi connectivity index (χ2v) is 5.74. The van der Waals surface area contributed by atoms with Gasteiger partial charge in [0.15, 0.2) is 0 Å². The zero-order chi connectivity index (χ0) is 12.7. The maximum atomic E-state index is 6.17. The number of halogens is 3. The minimum atomic E-state index is 0.444. The van der Waals surface area contributed by atoms with Gasteiger partial charge in [-0.15, -0.1) is 11.3 Å². The third kappa shape index (κ3) is 1.97. The zero-order valence-electron chi connectivity index (χ0n) is 8.82. The molecule has 0 saturated heterocycles. The predicted octanol–water partition coefficient (Wildman–Crippen LogP) is 5.32. The van der Waals surface area contributed by atoms with E-state index in [1.807, 2.05) is 6.07 Å². The molecule has 0 aliphatic rings. The lowest BCUT2D eigenvalue weighted by Crippen LogP contribution is -1.79. The van der Waals surface area contributed by atoms with Gasteiger partial charge in [0, 0.05) is 11.8 Å². The lowest BCUT2D eigenvalue weighted by Gasteiger charge is -2.01. The Balaban J connectivity index is 2.30. The summed E-state index contributed by atoms with van der Waals surface area (Å²) in [5.74, 6) is 0. The minimum absolute atomic E-state index is 0.444. The Morgan fingerprint density at radius 2 is 1.72 bits per heavy atom. The summed E-state index contributed by atoms with van der Waals surface area (Å²) >= 11 is 19.8. The van der Waals surface area contributed by atoms with Gasteiger partial charge >= 0.3 is 0 Å². The molecule has 0 unspecified atom stereocenters. The van der Waals surface area contributed by atoms with Crippen molar-refractivity contribution < 1.29 is 0 Å². The first-order valence-corrected chi connectivity index (χ1v) is 6.97. The molecule has 0 saturated carbocycles. The summed E-state index contributed by atoms with van der Waals surface area (Å²) in [7, 11) is 0. The highest BCUT2D eigenvalue weighted by Gasteiger charge is 2.14. The van der Waals surface area contributed by atoms with Crippen molar-refractivity contribution in [1.29, 1.82) is 0 Å². The Kier molecular flexibility index (Phi) is 3.16. The largest absolute Gasteiger partial charge is 0.243 e. The van der Waals surface area contributed by atoms with E-state index in [1.165, 1.54) is 11.3 Å². The highest BCUT2D eigenvalue weighted by atomic mass is 35.5. The van der Waals surface area contributed by atoms with Crippen LogP contribution in [0.3, 0.4) is 0 Å². The van der Waals surface area contributed by atoms with Gasteiger partial charge in [-0.3, -0.25) is 0 Å². The Bertz CT molecular complexity index is 719. The normalized spacial score (nSPS) is 11.1. The van der Waals surface area contributed by atoms with Crippen LogP contribution in [0, 0.1) is 0 Å². The van der Waals surface area contributed by atoms with Gasteiger partial charge in [0.2, 0.25) is 0 Å². The van der Waals surface area contributed by atoms with Crippen LogP contribution >= 0.6 is 46.1 Å². The molecule has 90 valence electrons. The average molecular weight is 316 g/mol. The molecule has 18 heavy (non-hydrogen) atoms. The highest BCUT2D eigenvalue weighted by Crippen LogP contribution is 2.39. The zero-order valence-corrected chi connectivity index (χ0v) is 11.9. The molecule has 0 bridgehead atoms. The number of fused-ring (bicyclic) bond motifs is 1. The van der Waals surface area contributed by atoms with Crippen molar-refractivity contribution in [2.45, 2.75) is 0 Å². The van der Waals surface area contributed by atoms with Crippen LogP contribution in [0.4, 0.5) is 0 Å². The van der Waals surface area contributed by atoms with Gasteiger partial charge < -0.3 is 0 Å². The van der Waals surface area contributed by atoms with Crippen LogP contribution in [-0.4, -0.2) is 9.97 Å². The van der Waals surface area contributed by atoms with Crippen molar-refractivity contribution in [3.8, 4) is 10.6 Å². The number of thiazole rings is 1. The van der Waals surface area contributed by atoms with Crippen LogP contribution in [0.25, 0.3) is 20.8 Å². The van der Waals surface area contributed by atoms with Crippen molar-refractivity contribution in [2.24, 2.45) is 0 Å². The molecule has 3 rings (SSSR count). The fourth-order valence-electron chi connectivity index (χ4n) is 1.63. The summed E-state index contributed by atoms with van der Waals surface area (Å²) in [6, 6.07) is 7.19. The molecule has 0 spiro atoms. The summed E-state index contributed by atoms with van der Waals surface area (Å²) in [6.45, 7) is 0. The summed E-state index contributed by atoms with van der Waals surface area (Å²) in [5.41, 5.74) is 1.53. The van der Waals surface area contributed by atoms with Crippen LogP contribution in [-0.2, 0) is 0 Å². The molecule has 0 fully saturated rings. The number of aromatic nitrogens is 2. The predicted molar refractivity (Wildman–Crippen MR) is 77.9 cm³/mol. The van der Waals surface area contributed by atoms with Crippen molar-refractivity contribution in [2.75, 3.05) is 0 Å². The summed E-state index contributed by atoms with van der Waals surface area (Å²) < 4.78 is 0.838. The first kappa shape index (κ1) is 12.2. The maximum absolute atomic E-state index is 6.17. The molecular formula is C12H5Cl3N2S. The third-order valence-corrected chi connectivity index (χ3v) is 4.56. The van der Waals surface area contributed by atoms with E-state index >= 15 is 0 Å². The minimum Gasteiger partial charge on any atom is -0.243 e. The van der Waals surface area contributed by atoms with Gasteiger partial charge in [0.1, 0.15) is 10.2 Å². The number of rotatable bonds is 1. The molecule has 1 aromatic carbocycles. The Hall–Kier alpha value is -0.870. The number of pyridine rings is 1. The number of hydrogen-bond acceptors (Lipinski definition) is 3. The average Bonchev–Trinajstić information content (AvgIpc) is 2.74. The topological polar surface area (TPSA) is 25.8 Å². The molecule has 2 heterocycles. The van der Waals surface area contributed by atoms with E-state index < -0.39 is 0 Å². The van der Waals surface area contributed by atoms with Gasteiger partial charge in [-0.1, -0.05) is 40.9 Å². The SMILES string of the molecule is Clc1cccc(Cl)c1-c1nc2ccnc(Cl)c2s1. The highest BCUT2D eigenvalue weighted by molar-refractivity contribution is 7.22. The Morgan fingerprint density at radius 3 is 2.39 bits per heavy atom. The monoisotopic (exact) mass is 314 g/mol. The molecule has 0 radical (unpaired) electrons. The van der Waals surface area contributed by atoms with Crippen molar-refractivity contribution in [3.05, 3.63) is 45.7 Å². The fourth-order valence-corrected chi connectivity index (χ4v) is 3.61. The summed E-state index contributed by atoms with van der Waals surface area (Å²) in [4.78, 5) is 8.52. The van der Waals surface area contributed by atoms with Crippen molar-refractivity contribution in [1.82, 2.24) is 9.97 Å². The van der Waals surface area contributed by atoms with Crippen LogP contribution in [0.5, 0.6) is 0 Å². The van der Waals surface area contributed by atoms with Gasteiger partial charge in [-0.2, -0.15) is 0 Å². The van der Waals surface area contributed by atoms with E-state index in [9.17, 15) is 0 Å². The molecule has 3 aromatic rings. The van der Waals surface area contributed by atoms with E-state index in [0.717, 1.165) is 20.8 Å². The van der Waals surface area contributed by atoms with E-state index in [-0.39, 0.29) is 0 Å². The van der Waals surface area contributed by atoms with Crippen LogP contribution in [0.1, 0.15) is 0 Å². The maximum Gasteiger partial charge on any atom is 0.148 e. The number of benzene rings is 1. The van der Waals surface area contributed by atoms with E-state index in [0.29, 0.717) is 15.2 Å². The van der Waals surface area contributed by atoms with Crippen LogP contribution in [0.15, 0.2) is 30.5 Å². The fraction of sp³-hybridized carbons (Fsp3) is 0. The first-order chi connectivity index (χ1) is 8.66. The van der Waals surface area contributed by atoms with Gasteiger partial charge in [0.25, 0.3) is 0 Å². The second-order valence-electron chi connectivity index (χ2n) is 3.57. The lowest BCUT2D eigenvalue weighted by molar-refractivity contribution is 1.35. The molecular weight excluding hydrogens is 311 g/mol. The van der Waals surface area contributed by atoms with Gasteiger partial charge in [-0.25, -0.2) is 9.97 Å². The second kappa shape index (κ2) is 4.67. The molecule has 2 aromatic heterocycles. The molecule has 0 aliphatic carbocycles. The number of nitrogens with zero attached hydrogens (tertiary/aromatic N) is 2. The van der Waals surface area contributed by atoms with E-state index in [4.69, 9.17) is 34.8 Å². The smallest absolute Gasteiger partial charge is 0.148 e. The number of hydrogen-bond donors (Lipinski definition) is 0. The van der Waals surface area contributed by atoms with Crippen LogP contribution < -0.4 is 0 Å². The van der Waals surface area contributed by atoms with Crippen LogP contribution in [0.2, 0.25) is 15.2 Å². The third-order valence-electron chi connectivity index (χ3n) is 2.44. The molecule has 0 N–H and O–H groups in total. The van der Waals surface area contributed by atoms with Gasteiger partial charge in [0.05, 0.1) is 20.3 Å². The summed E-state index contributed by atoms with van der Waals surface area (Å²) in [6.07, 6.45) is 1.63.